The van der Waals surface area contributed by atoms with E-state index in [0.717, 1.165) is 21.9 Å². The van der Waals surface area contributed by atoms with Crippen LogP contribution in [-0.2, 0) is 9.59 Å². The average molecular weight is 426 g/mol. The fraction of sp³-hybridized carbons (Fsp3) is 0.417. The van der Waals surface area contributed by atoms with E-state index in [9.17, 15) is 9.59 Å². The van der Waals surface area contributed by atoms with E-state index in [0.29, 0.717) is 6.54 Å². The van der Waals surface area contributed by atoms with Gasteiger partial charge in [-0.05, 0) is 45.0 Å². The smallest absolute Gasteiger partial charge is 0.241 e. The summed E-state index contributed by atoms with van der Waals surface area (Å²) in [5, 5.41) is 2.98. The van der Waals surface area contributed by atoms with Crippen LogP contribution in [0, 0.1) is 0 Å². The zero-order valence-corrected chi connectivity index (χ0v) is 19.0. The van der Waals surface area contributed by atoms with Crippen molar-refractivity contribution >= 4 is 29.3 Å². The number of hydrogen-bond acceptors (Lipinski definition) is 4. The molecular weight excluding hydrogens is 394 g/mol. The molecule has 0 radical (unpaired) electrons. The SMILES string of the molecule is CCN(CC(=O)NC(C)(C)C)CC(=O)N1c2ccccc2SC[C@H]1c1ccccc1. The summed E-state index contributed by atoms with van der Waals surface area (Å²) in [4.78, 5) is 30.9. The Morgan fingerprint density at radius 1 is 1.07 bits per heavy atom. The number of thioether (sulfide) groups is 1. The molecular formula is C24H31N3O2S. The molecule has 160 valence electrons. The van der Waals surface area contributed by atoms with Gasteiger partial charge in [0, 0.05) is 16.2 Å². The van der Waals surface area contributed by atoms with Gasteiger partial charge >= 0.3 is 0 Å². The fourth-order valence-corrected chi connectivity index (χ4v) is 4.79. The molecule has 2 amide bonds. The normalized spacial score (nSPS) is 16.3. The molecule has 0 fully saturated rings. The van der Waals surface area contributed by atoms with Crippen molar-refractivity contribution in [2.45, 2.75) is 44.2 Å². The highest BCUT2D eigenvalue weighted by molar-refractivity contribution is 7.99. The van der Waals surface area contributed by atoms with E-state index in [1.54, 1.807) is 11.8 Å². The Labute approximate surface area is 183 Å². The number of nitrogens with zero attached hydrogens (tertiary/aromatic N) is 2. The number of anilines is 1. The van der Waals surface area contributed by atoms with Crippen molar-refractivity contribution in [3.63, 3.8) is 0 Å². The third kappa shape index (κ3) is 5.64. The third-order valence-electron chi connectivity index (χ3n) is 4.97. The number of benzene rings is 2. The van der Waals surface area contributed by atoms with Crippen molar-refractivity contribution in [3.05, 3.63) is 60.2 Å². The summed E-state index contributed by atoms with van der Waals surface area (Å²) in [6, 6.07) is 18.2. The van der Waals surface area contributed by atoms with Crippen LogP contribution in [0.3, 0.4) is 0 Å². The molecule has 2 aromatic rings. The molecule has 6 heteroatoms. The molecule has 0 saturated carbocycles. The monoisotopic (exact) mass is 425 g/mol. The van der Waals surface area contributed by atoms with Crippen molar-refractivity contribution in [1.82, 2.24) is 10.2 Å². The number of carbonyl (C=O) groups excluding carboxylic acids is 2. The molecule has 1 aliphatic rings. The van der Waals surface area contributed by atoms with Crippen LogP contribution in [0.1, 0.15) is 39.3 Å². The Balaban J connectivity index is 1.82. The lowest BCUT2D eigenvalue weighted by Gasteiger charge is -2.38. The lowest BCUT2D eigenvalue weighted by molar-refractivity contribution is -0.125. The van der Waals surface area contributed by atoms with Crippen LogP contribution in [0.5, 0.6) is 0 Å². The average Bonchev–Trinajstić information content (AvgIpc) is 2.71. The molecule has 0 bridgehead atoms. The summed E-state index contributed by atoms with van der Waals surface area (Å²) in [6.07, 6.45) is 0. The first-order valence-corrected chi connectivity index (χ1v) is 11.4. The Morgan fingerprint density at radius 3 is 2.40 bits per heavy atom. The standard InChI is InChI=1S/C24H31N3O2S/c1-5-26(15-22(28)25-24(2,3)4)16-23(29)27-19-13-9-10-14-21(19)30-17-20(27)18-11-7-6-8-12-18/h6-14,20H,5,15-17H2,1-4H3,(H,25,28)/t20-/m0/s1. The number of carbonyl (C=O) groups is 2. The van der Waals surface area contributed by atoms with Gasteiger partial charge in [0.25, 0.3) is 0 Å². The van der Waals surface area contributed by atoms with Crippen LogP contribution < -0.4 is 10.2 Å². The van der Waals surface area contributed by atoms with E-state index in [4.69, 9.17) is 0 Å². The Kier molecular flexibility index (Phi) is 7.21. The topological polar surface area (TPSA) is 52.7 Å². The molecule has 0 aliphatic carbocycles. The molecule has 0 aromatic heterocycles. The van der Waals surface area contributed by atoms with Crippen LogP contribution >= 0.6 is 11.8 Å². The van der Waals surface area contributed by atoms with Gasteiger partial charge in [0.05, 0.1) is 24.8 Å². The minimum absolute atomic E-state index is 0.0158. The summed E-state index contributed by atoms with van der Waals surface area (Å²) >= 11 is 1.78. The largest absolute Gasteiger partial charge is 0.350 e. The van der Waals surface area contributed by atoms with Gasteiger partial charge in [-0.15, -0.1) is 11.8 Å². The highest BCUT2D eigenvalue weighted by Crippen LogP contribution is 2.43. The molecule has 3 rings (SSSR count). The van der Waals surface area contributed by atoms with Gasteiger partial charge in [-0.25, -0.2) is 0 Å². The van der Waals surface area contributed by atoms with Gasteiger partial charge in [-0.3, -0.25) is 14.5 Å². The van der Waals surface area contributed by atoms with E-state index in [1.165, 1.54) is 0 Å². The zero-order valence-electron chi connectivity index (χ0n) is 18.2. The molecule has 1 N–H and O–H groups in total. The second-order valence-electron chi connectivity index (χ2n) is 8.57. The lowest BCUT2D eigenvalue weighted by Crippen LogP contribution is -2.49. The van der Waals surface area contributed by atoms with Crippen molar-refractivity contribution in [2.24, 2.45) is 0 Å². The van der Waals surface area contributed by atoms with E-state index in [-0.39, 0.29) is 36.5 Å². The van der Waals surface area contributed by atoms with Crippen LogP contribution in [-0.4, -0.2) is 47.6 Å². The van der Waals surface area contributed by atoms with E-state index >= 15 is 0 Å². The van der Waals surface area contributed by atoms with Crippen molar-refractivity contribution < 1.29 is 9.59 Å². The Bertz CT molecular complexity index is 880. The third-order valence-corrected chi connectivity index (χ3v) is 6.11. The number of para-hydroxylation sites is 1. The minimum atomic E-state index is -0.290. The van der Waals surface area contributed by atoms with Crippen molar-refractivity contribution in [3.8, 4) is 0 Å². The fourth-order valence-electron chi connectivity index (χ4n) is 3.63. The molecule has 0 spiro atoms. The molecule has 0 unspecified atom stereocenters. The zero-order chi connectivity index (χ0) is 21.7. The second kappa shape index (κ2) is 9.67. The maximum Gasteiger partial charge on any atom is 0.241 e. The Morgan fingerprint density at radius 2 is 1.73 bits per heavy atom. The number of likely N-dealkylation sites (N-methyl/N-ethyl adjacent to an activating group) is 1. The minimum Gasteiger partial charge on any atom is -0.350 e. The quantitative estimate of drug-likeness (QED) is 0.757. The highest BCUT2D eigenvalue weighted by atomic mass is 32.2. The summed E-state index contributed by atoms with van der Waals surface area (Å²) in [5.74, 6) is 0.761. The van der Waals surface area contributed by atoms with Crippen LogP contribution in [0.2, 0.25) is 0 Å². The summed E-state index contributed by atoms with van der Waals surface area (Å²) in [7, 11) is 0. The summed E-state index contributed by atoms with van der Waals surface area (Å²) in [5.41, 5.74) is 1.78. The van der Waals surface area contributed by atoms with E-state index < -0.39 is 0 Å². The highest BCUT2D eigenvalue weighted by Gasteiger charge is 2.33. The molecule has 5 nitrogen and oxygen atoms in total. The lowest BCUT2D eigenvalue weighted by atomic mass is 10.1. The van der Waals surface area contributed by atoms with Crippen molar-refractivity contribution in [2.75, 3.05) is 30.3 Å². The second-order valence-corrected chi connectivity index (χ2v) is 9.63. The van der Waals surface area contributed by atoms with Gasteiger partial charge in [0.1, 0.15) is 0 Å². The predicted molar refractivity (Wildman–Crippen MR) is 124 cm³/mol. The summed E-state index contributed by atoms with van der Waals surface area (Å²) in [6.45, 7) is 8.89. The first-order chi connectivity index (χ1) is 14.3. The molecule has 1 heterocycles. The number of amides is 2. The number of fused-ring (bicyclic) bond motifs is 1. The summed E-state index contributed by atoms with van der Waals surface area (Å²) < 4.78 is 0. The molecule has 30 heavy (non-hydrogen) atoms. The van der Waals surface area contributed by atoms with E-state index in [2.05, 4.69) is 23.5 Å². The molecule has 0 saturated heterocycles. The first-order valence-electron chi connectivity index (χ1n) is 10.4. The molecule has 2 aromatic carbocycles. The molecule has 1 atom stereocenters. The molecule has 1 aliphatic heterocycles. The number of hydrogen-bond donors (Lipinski definition) is 1. The van der Waals surface area contributed by atoms with Crippen LogP contribution in [0.25, 0.3) is 0 Å². The number of rotatable bonds is 6. The van der Waals surface area contributed by atoms with Crippen molar-refractivity contribution in [1.29, 1.82) is 0 Å². The van der Waals surface area contributed by atoms with Gasteiger partial charge in [-0.2, -0.15) is 0 Å². The van der Waals surface area contributed by atoms with Gasteiger partial charge in [0.15, 0.2) is 0 Å². The predicted octanol–water partition coefficient (Wildman–Crippen LogP) is 4.10. The Hall–Kier alpha value is -2.31. The van der Waals surface area contributed by atoms with E-state index in [1.807, 2.05) is 73.9 Å². The number of nitrogens with one attached hydrogen (secondary N) is 1. The van der Waals surface area contributed by atoms with Crippen LogP contribution in [0.4, 0.5) is 5.69 Å². The first kappa shape index (κ1) is 22.4. The van der Waals surface area contributed by atoms with Gasteiger partial charge in [-0.1, -0.05) is 49.4 Å². The van der Waals surface area contributed by atoms with Gasteiger partial charge in [0.2, 0.25) is 11.8 Å². The maximum absolute atomic E-state index is 13.5. The maximum atomic E-state index is 13.5. The van der Waals surface area contributed by atoms with Crippen LogP contribution in [0.15, 0.2) is 59.5 Å². The van der Waals surface area contributed by atoms with Gasteiger partial charge < -0.3 is 10.2 Å².